The molecule has 0 spiro atoms. The summed E-state index contributed by atoms with van der Waals surface area (Å²) in [7, 11) is 0. The van der Waals surface area contributed by atoms with Gasteiger partial charge in [-0.15, -0.1) is 12.4 Å². The van der Waals surface area contributed by atoms with Crippen molar-refractivity contribution in [1.82, 2.24) is 10.6 Å². The molecule has 0 heterocycles. The molecule has 20 heavy (non-hydrogen) atoms. The van der Waals surface area contributed by atoms with Crippen molar-refractivity contribution in [2.75, 3.05) is 26.2 Å². The molecule has 6 nitrogen and oxygen atoms in total. The molecule has 0 atom stereocenters. The molecule has 0 saturated carbocycles. The summed E-state index contributed by atoms with van der Waals surface area (Å²) in [4.78, 5) is 22.0. The summed E-state index contributed by atoms with van der Waals surface area (Å²) < 4.78 is 18.0. The maximum Gasteiger partial charge on any atom is 0.239 e. The van der Waals surface area contributed by atoms with Gasteiger partial charge in [0.2, 0.25) is 11.8 Å². The Morgan fingerprint density at radius 1 is 1.25 bits per heavy atom. The monoisotopic (exact) mass is 305 g/mol. The van der Waals surface area contributed by atoms with Crippen molar-refractivity contribution in [3.8, 4) is 5.75 Å². The highest BCUT2D eigenvalue weighted by atomic mass is 35.5. The van der Waals surface area contributed by atoms with Crippen LogP contribution < -0.4 is 21.1 Å². The number of hydrogen-bond donors (Lipinski definition) is 3. The highest BCUT2D eigenvalue weighted by Crippen LogP contribution is 2.11. The molecule has 1 rings (SSSR count). The van der Waals surface area contributed by atoms with Gasteiger partial charge < -0.3 is 21.1 Å². The third-order valence-electron chi connectivity index (χ3n) is 2.12. The smallest absolute Gasteiger partial charge is 0.239 e. The molecule has 1 aromatic carbocycles. The Morgan fingerprint density at radius 2 is 2.00 bits per heavy atom. The molecule has 0 fully saturated rings. The Labute approximate surface area is 122 Å². The predicted octanol–water partition coefficient (Wildman–Crippen LogP) is -0.183. The molecule has 0 radical (unpaired) electrons. The molecular weight excluding hydrogens is 289 g/mol. The summed E-state index contributed by atoms with van der Waals surface area (Å²) in [5.41, 5.74) is 5.06. The van der Waals surface area contributed by atoms with Crippen LogP contribution in [0.2, 0.25) is 0 Å². The SMILES string of the molecule is Cl.NCC(=O)NCC(=O)NCCOc1cccc(F)c1. The number of benzene rings is 1. The summed E-state index contributed by atoms with van der Waals surface area (Å²) >= 11 is 0. The third kappa shape index (κ3) is 7.55. The largest absolute Gasteiger partial charge is 0.492 e. The lowest BCUT2D eigenvalue weighted by molar-refractivity contribution is -0.125. The maximum absolute atomic E-state index is 12.8. The Balaban J connectivity index is 0.00000361. The van der Waals surface area contributed by atoms with E-state index in [9.17, 15) is 14.0 Å². The minimum Gasteiger partial charge on any atom is -0.492 e. The molecule has 0 aliphatic carbocycles. The van der Waals surface area contributed by atoms with Gasteiger partial charge in [0, 0.05) is 6.07 Å². The van der Waals surface area contributed by atoms with E-state index in [2.05, 4.69) is 10.6 Å². The number of amides is 2. The lowest BCUT2D eigenvalue weighted by Gasteiger charge is -2.08. The fourth-order valence-corrected chi connectivity index (χ4v) is 1.23. The first kappa shape index (κ1) is 18.1. The van der Waals surface area contributed by atoms with E-state index in [1.165, 1.54) is 18.2 Å². The molecule has 1 aromatic rings. The second kappa shape index (κ2) is 9.99. The van der Waals surface area contributed by atoms with E-state index in [0.717, 1.165) is 0 Å². The summed E-state index contributed by atoms with van der Waals surface area (Å²) in [5, 5.41) is 4.87. The minimum absolute atomic E-state index is 0. The maximum atomic E-state index is 12.8. The summed E-state index contributed by atoms with van der Waals surface area (Å²) in [6, 6.07) is 5.72. The normalized spacial score (nSPS) is 9.30. The van der Waals surface area contributed by atoms with Gasteiger partial charge in [-0.3, -0.25) is 9.59 Å². The average molecular weight is 306 g/mol. The topological polar surface area (TPSA) is 93.5 Å². The average Bonchev–Trinajstić information content (AvgIpc) is 2.41. The summed E-state index contributed by atoms with van der Waals surface area (Å²) in [5.74, 6) is -0.729. The van der Waals surface area contributed by atoms with Gasteiger partial charge in [0.25, 0.3) is 0 Å². The van der Waals surface area contributed by atoms with E-state index in [1.54, 1.807) is 6.07 Å². The van der Waals surface area contributed by atoms with E-state index < -0.39 is 5.91 Å². The number of carbonyl (C=O) groups excluding carboxylic acids is 2. The lowest BCUT2D eigenvalue weighted by atomic mass is 10.3. The number of ether oxygens (including phenoxy) is 1. The van der Waals surface area contributed by atoms with Crippen LogP contribution >= 0.6 is 12.4 Å². The number of nitrogens with one attached hydrogen (secondary N) is 2. The zero-order chi connectivity index (χ0) is 14.1. The molecule has 0 saturated heterocycles. The molecule has 0 aliphatic heterocycles. The van der Waals surface area contributed by atoms with Crippen LogP contribution in [-0.2, 0) is 9.59 Å². The van der Waals surface area contributed by atoms with Crippen molar-refractivity contribution in [2.45, 2.75) is 0 Å². The Hall–Kier alpha value is -1.86. The van der Waals surface area contributed by atoms with E-state index >= 15 is 0 Å². The van der Waals surface area contributed by atoms with Crippen molar-refractivity contribution in [3.63, 3.8) is 0 Å². The van der Waals surface area contributed by atoms with Gasteiger partial charge in [-0.1, -0.05) is 6.07 Å². The zero-order valence-corrected chi connectivity index (χ0v) is 11.5. The van der Waals surface area contributed by atoms with Gasteiger partial charge in [0.1, 0.15) is 18.2 Å². The van der Waals surface area contributed by atoms with E-state index in [1.807, 2.05) is 0 Å². The molecule has 0 unspecified atom stereocenters. The third-order valence-corrected chi connectivity index (χ3v) is 2.12. The molecular formula is C12H17ClFN3O3. The Bertz CT molecular complexity index is 446. The second-order valence-corrected chi connectivity index (χ2v) is 3.64. The lowest BCUT2D eigenvalue weighted by Crippen LogP contribution is -2.40. The number of rotatable bonds is 7. The van der Waals surface area contributed by atoms with E-state index in [-0.39, 0.29) is 50.4 Å². The van der Waals surface area contributed by atoms with Gasteiger partial charge in [-0.2, -0.15) is 0 Å². The molecule has 2 amide bonds. The molecule has 0 aliphatic rings. The highest BCUT2D eigenvalue weighted by molar-refractivity contribution is 5.85. The number of hydrogen-bond acceptors (Lipinski definition) is 4. The van der Waals surface area contributed by atoms with Crippen LogP contribution in [0.3, 0.4) is 0 Å². The molecule has 112 valence electrons. The van der Waals surface area contributed by atoms with Crippen molar-refractivity contribution in [3.05, 3.63) is 30.1 Å². The summed E-state index contributed by atoms with van der Waals surface area (Å²) in [6.45, 7) is 0.180. The Kier molecular flexibility index (Phi) is 9.06. The zero-order valence-electron chi connectivity index (χ0n) is 10.7. The van der Waals surface area contributed by atoms with E-state index in [0.29, 0.717) is 5.75 Å². The van der Waals surface area contributed by atoms with Crippen LogP contribution in [0.15, 0.2) is 24.3 Å². The Morgan fingerprint density at radius 3 is 2.65 bits per heavy atom. The molecule has 0 bridgehead atoms. The van der Waals surface area contributed by atoms with Crippen LogP contribution in [0.25, 0.3) is 0 Å². The van der Waals surface area contributed by atoms with Crippen molar-refractivity contribution >= 4 is 24.2 Å². The second-order valence-electron chi connectivity index (χ2n) is 3.64. The summed E-state index contributed by atoms with van der Waals surface area (Å²) in [6.07, 6.45) is 0. The first-order valence-corrected chi connectivity index (χ1v) is 5.73. The van der Waals surface area contributed by atoms with Crippen LogP contribution in [0.5, 0.6) is 5.75 Å². The van der Waals surface area contributed by atoms with Crippen LogP contribution in [0, 0.1) is 5.82 Å². The van der Waals surface area contributed by atoms with E-state index in [4.69, 9.17) is 10.5 Å². The first-order valence-electron chi connectivity index (χ1n) is 5.73. The number of nitrogens with two attached hydrogens (primary N) is 1. The fraction of sp³-hybridized carbons (Fsp3) is 0.333. The van der Waals surface area contributed by atoms with Crippen molar-refractivity contribution in [2.24, 2.45) is 5.73 Å². The fourth-order valence-electron chi connectivity index (χ4n) is 1.23. The van der Waals surface area contributed by atoms with Gasteiger partial charge in [-0.05, 0) is 12.1 Å². The molecule has 8 heteroatoms. The van der Waals surface area contributed by atoms with Crippen molar-refractivity contribution < 1.29 is 18.7 Å². The number of halogens is 2. The highest BCUT2D eigenvalue weighted by Gasteiger charge is 2.03. The van der Waals surface area contributed by atoms with Crippen LogP contribution in [0.4, 0.5) is 4.39 Å². The van der Waals surface area contributed by atoms with Gasteiger partial charge in [0.05, 0.1) is 19.6 Å². The quantitative estimate of drug-likeness (QED) is 0.609. The molecule has 0 aromatic heterocycles. The molecule has 4 N–H and O–H groups in total. The van der Waals surface area contributed by atoms with Crippen LogP contribution in [0.1, 0.15) is 0 Å². The van der Waals surface area contributed by atoms with Gasteiger partial charge >= 0.3 is 0 Å². The van der Waals surface area contributed by atoms with Gasteiger partial charge in [-0.25, -0.2) is 4.39 Å². The minimum atomic E-state index is -0.397. The standard InChI is InChI=1S/C12H16FN3O3.ClH/c13-9-2-1-3-10(6-9)19-5-4-15-12(18)8-16-11(17)7-14;/h1-3,6H,4-5,7-8,14H2,(H,15,18)(H,16,17);1H. The first-order chi connectivity index (χ1) is 9.11. The van der Waals surface area contributed by atoms with Crippen LogP contribution in [-0.4, -0.2) is 38.1 Å². The van der Waals surface area contributed by atoms with Crippen molar-refractivity contribution in [1.29, 1.82) is 0 Å². The van der Waals surface area contributed by atoms with Gasteiger partial charge in [0.15, 0.2) is 0 Å². The number of carbonyl (C=O) groups is 2. The predicted molar refractivity (Wildman–Crippen MR) is 74.2 cm³/mol.